The maximum absolute atomic E-state index is 5.38. The summed E-state index contributed by atoms with van der Waals surface area (Å²) >= 11 is 2.27. The fraction of sp³-hybridized carbons (Fsp3) is 0.300. The lowest BCUT2D eigenvalue weighted by molar-refractivity contribution is 0.966. The van der Waals surface area contributed by atoms with E-state index in [0.717, 1.165) is 5.69 Å². The fourth-order valence-corrected chi connectivity index (χ4v) is 1.52. The average Bonchev–Trinajstić information content (AvgIpc) is 3.04. The van der Waals surface area contributed by atoms with Gasteiger partial charge in [-0.3, -0.25) is 5.43 Å². The molecular formula is C10H13IN4. The molecule has 1 aliphatic carbocycles. The Bertz CT molecular complexity index is 356. The highest BCUT2D eigenvalue weighted by Crippen LogP contribution is 2.23. The molecule has 0 radical (unpaired) electrons. The van der Waals surface area contributed by atoms with E-state index in [4.69, 9.17) is 5.84 Å². The van der Waals surface area contributed by atoms with Gasteiger partial charge in [-0.1, -0.05) is 0 Å². The van der Waals surface area contributed by atoms with Gasteiger partial charge >= 0.3 is 0 Å². The summed E-state index contributed by atoms with van der Waals surface area (Å²) in [6.45, 7) is 0. The van der Waals surface area contributed by atoms with Gasteiger partial charge in [-0.05, 0) is 59.7 Å². The van der Waals surface area contributed by atoms with Crippen molar-refractivity contribution in [3.05, 3.63) is 27.8 Å². The molecule has 0 aliphatic heterocycles. The monoisotopic (exact) mass is 316 g/mol. The van der Waals surface area contributed by atoms with Crippen LogP contribution >= 0.6 is 22.6 Å². The molecule has 0 heterocycles. The Hall–Kier alpha value is -0.820. The molecule has 1 fully saturated rings. The van der Waals surface area contributed by atoms with Crippen molar-refractivity contribution in [1.82, 2.24) is 5.43 Å². The Balaban J connectivity index is 2.02. The SMILES string of the molecule is NNC(=NC1CC1)Nc1ccc(I)cc1. The molecule has 1 saturated carbocycles. The lowest BCUT2D eigenvalue weighted by Gasteiger charge is -2.08. The van der Waals surface area contributed by atoms with E-state index in [-0.39, 0.29) is 0 Å². The van der Waals surface area contributed by atoms with Crippen LogP contribution in [0, 0.1) is 3.57 Å². The standard InChI is InChI=1S/C10H13IN4/c11-7-1-3-8(4-2-7)13-10(15-12)14-9-5-6-9/h1-4,9H,5-6,12H2,(H2,13,14,15). The number of nitrogens with zero attached hydrogens (tertiary/aromatic N) is 1. The summed E-state index contributed by atoms with van der Waals surface area (Å²) in [5.74, 6) is 6.02. The van der Waals surface area contributed by atoms with Crippen molar-refractivity contribution >= 4 is 34.2 Å². The second-order valence-corrected chi connectivity index (χ2v) is 4.73. The third kappa shape index (κ3) is 3.35. The topological polar surface area (TPSA) is 62.4 Å². The number of guanidine groups is 1. The lowest BCUT2D eigenvalue weighted by Crippen LogP contribution is -2.36. The summed E-state index contributed by atoms with van der Waals surface area (Å²) in [5, 5.41) is 3.14. The van der Waals surface area contributed by atoms with Gasteiger partial charge in [0.05, 0.1) is 6.04 Å². The van der Waals surface area contributed by atoms with Crippen LogP contribution in [0.3, 0.4) is 0 Å². The van der Waals surface area contributed by atoms with Crippen molar-refractivity contribution in [3.63, 3.8) is 0 Å². The first-order valence-corrected chi connectivity index (χ1v) is 5.93. The highest BCUT2D eigenvalue weighted by Gasteiger charge is 2.20. The smallest absolute Gasteiger partial charge is 0.210 e. The minimum atomic E-state index is 0.451. The zero-order valence-electron chi connectivity index (χ0n) is 8.20. The van der Waals surface area contributed by atoms with E-state index < -0.39 is 0 Å². The predicted molar refractivity (Wildman–Crippen MR) is 70.6 cm³/mol. The first kappa shape index (κ1) is 10.7. The molecule has 0 unspecified atom stereocenters. The van der Waals surface area contributed by atoms with Gasteiger partial charge in [-0.2, -0.15) is 0 Å². The third-order valence-electron chi connectivity index (χ3n) is 2.10. The number of nitrogens with two attached hydrogens (primary N) is 1. The van der Waals surface area contributed by atoms with E-state index in [2.05, 4.69) is 38.3 Å². The van der Waals surface area contributed by atoms with E-state index in [0.29, 0.717) is 12.0 Å². The van der Waals surface area contributed by atoms with E-state index in [1.54, 1.807) is 0 Å². The van der Waals surface area contributed by atoms with Gasteiger partial charge in [-0.15, -0.1) is 0 Å². The number of hydrogen-bond donors (Lipinski definition) is 3. The summed E-state index contributed by atoms with van der Waals surface area (Å²) < 4.78 is 1.21. The molecule has 5 heteroatoms. The van der Waals surface area contributed by atoms with Gasteiger partial charge in [0.2, 0.25) is 5.96 Å². The number of nitrogens with one attached hydrogen (secondary N) is 2. The number of aliphatic imine (C=N–C) groups is 1. The van der Waals surface area contributed by atoms with Crippen molar-refractivity contribution in [2.75, 3.05) is 5.32 Å². The Kier molecular flexibility index (Phi) is 3.42. The summed E-state index contributed by atoms with van der Waals surface area (Å²) in [6, 6.07) is 8.53. The molecule has 0 saturated heterocycles. The second kappa shape index (κ2) is 4.80. The molecule has 1 aliphatic rings. The Morgan fingerprint density at radius 3 is 2.53 bits per heavy atom. The van der Waals surface area contributed by atoms with Gasteiger partial charge in [-0.25, -0.2) is 10.8 Å². The van der Waals surface area contributed by atoms with Crippen molar-refractivity contribution in [2.24, 2.45) is 10.8 Å². The Morgan fingerprint density at radius 2 is 2.00 bits per heavy atom. The summed E-state index contributed by atoms with van der Waals surface area (Å²) in [7, 11) is 0. The molecule has 80 valence electrons. The van der Waals surface area contributed by atoms with Crippen LogP contribution in [0.2, 0.25) is 0 Å². The number of halogens is 1. The van der Waals surface area contributed by atoms with Gasteiger partial charge in [0.1, 0.15) is 0 Å². The van der Waals surface area contributed by atoms with Gasteiger partial charge < -0.3 is 5.32 Å². The van der Waals surface area contributed by atoms with E-state index in [1.807, 2.05) is 24.3 Å². The normalized spacial score (nSPS) is 16.3. The molecule has 2 rings (SSSR count). The van der Waals surface area contributed by atoms with Crippen LogP contribution in [0.25, 0.3) is 0 Å². The number of hydrogen-bond acceptors (Lipinski definition) is 2. The Labute approximate surface area is 102 Å². The largest absolute Gasteiger partial charge is 0.325 e. The predicted octanol–water partition coefficient (Wildman–Crippen LogP) is 1.68. The summed E-state index contributed by atoms with van der Waals surface area (Å²) in [6.07, 6.45) is 2.33. The van der Waals surface area contributed by atoms with Gasteiger partial charge in [0.15, 0.2) is 0 Å². The number of hydrazine groups is 1. The third-order valence-corrected chi connectivity index (χ3v) is 2.82. The molecule has 4 N–H and O–H groups in total. The van der Waals surface area contributed by atoms with Crippen LogP contribution in [-0.4, -0.2) is 12.0 Å². The molecule has 4 nitrogen and oxygen atoms in total. The first-order valence-electron chi connectivity index (χ1n) is 4.85. The second-order valence-electron chi connectivity index (χ2n) is 3.49. The van der Waals surface area contributed by atoms with Crippen LogP contribution in [0.4, 0.5) is 5.69 Å². The summed E-state index contributed by atoms with van der Waals surface area (Å²) in [5.41, 5.74) is 3.57. The maximum Gasteiger partial charge on any atom is 0.210 e. The fourth-order valence-electron chi connectivity index (χ4n) is 1.16. The number of anilines is 1. The molecule has 0 spiro atoms. The minimum Gasteiger partial charge on any atom is -0.325 e. The van der Waals surface area contributed by atoms with E-state index >= 15 is 0 Å². The van der Waals surface area contributed by atoms with Crippen molar-refractivity contribution in [3.8, 4) is 0 Å². The zero-order chi connectivity index (χ0) is 10.7. The van der Waals surface area contributed by atoms with Crippen LogP contribution in [0.1, 0.15) is 12.8 Å². The maximum atomic E-state index is 5.38. The van der Waals surface area contributed by atoms with Crippen LogP contribution < -0.4 is 16.6 Å². The van der Waals surface area contributed by atoms with Crippen molar-refractivity contribution in [1.29, 1.82) is 0 Å². The van der Waals surface area contributed by atoms with Crippen LogP contribution in [0.15, 0.2) is 29.3 Å². The number of rotatable bonds is 2. The quantitative estimate of drug-likeness (QED) is 0.256. The van der Waals surface area contributed by atoms with E-state index in [9.17, 15) is 0 Å². The molecule has 0 bridgehead atoms. The molecule has 1 aromatic rings. The van der Waals surface area contributed by atoms with Gasteiger partial charge in [0, 0.05) is 9.26 Å². The molecule has 0 amide bonds. The average molecular weight is 316 g/mol. The highest BCUT2D eigenvalue weighted by atomic mass is 127. The molecule has 0 aromatic heterocycles. The van der Waals surface area contributed by atoms with Crippen LogP contribution in [-0.2, 0) is 0 Å². The molecule has 0 atom stereocenters. The van der Waals surface area contributed by atoms with Crippen molar-refractivity contribution in [2.45, 2.75) is 18.9 Å². The summed E-state index contributed by atoms with van der Waals surface area (Å²) in [4.78, 5) is 4.39. The molecular weight excluding hydrogens is 303 g/mol. The minimum absolute atomic E-state index is 0.451. The van der Waals surface area contributed by atoms with Crippen LogP contribution in [0.5, 0.6) is 0 Å². The van der Waals surface area contributed by atoms with Crippen molar-refractivity contribution < 1.29 is 0 Å². The molecule has 15 heavy (non-hydrogen) atoms. The highest BCUT2D eigenvalue weighted by molar-refractivity contribution is 14.1. The first-order chi connectivity index (χ1) is 7.28. The Morgan fingerprint density at radius 1 is 1.33 bits per heavy atom. The lowest BCUT2D eigenvalue weighted by atomic mass is 10.3. The van der Waals surface area contributed by atoms with Gasteiger partial charge in [0.25, 0.3) is 0 Å². The van der Waals surface area contributed by atoms with E-state index in [1.165, 1.54) is 16.4 Å². The zero-order valence-corrected chi connectivity index (χ0v) is 10.4. The molecule has 1 aromatic carbocycles. The number of benzene rings is 1.